The van der Waals surface area contributed by atoms with Gasteiger partial charge in [-0.05, 0) is 24.6 Å². The van der Waals surface area contributed by atoms with E-state index in [4.69, 9.17) is 16.3 Å². The number of aromatic amines is 1. The number of anilines is 1. The molecule has 0 spiro atoms. The molecular formula is C16H16ClN3O5. The van der Waals surface area contributed by atoms with Crippen molar-refractivity contribution in [3.8, 4) is 0 Å². The number of hydrogen-bond donors (Lipinski definition) is 2. The minimum Gasteiger partial charge on any atom is -0.456 e. The summed E-state index contributed by atoms with van der Waals surface area (Å²) in [5, 5.41) is 3.11. The maximum atomic E-state index is 11.8. The summed E-state index contributed by atoms with van der Waals surface area (Å²) < 4.78 is 6.02. The Labute approximate surface area is 147 Å². The van der Waals surface area contributed by atoms with Crippen LogP contribution in [0.1, 0.15) is 12.0 Å². The van der Waals surface area contributed by atoms with Crippen molar-refractivity contribution in [1.29, 1.82) is 0 Å². The standard InChI is InChI=1S/C16H16ClN3O5/c1-10-11(17)3-2-4-12(10)18-14(22)9-25-15(23)6-8-20-7-5-13(21)19-16(20)24/h2-5,7H,6,8-9H2,1H3,(H,18,22)(H,19,21,24). The van der Waals surface area contributed by atoms with E-state index in [-0.39, 0.29) is 13.0 Å². The van der Waals surface area contributed by atoms with Crippen LogP contribution in [-0.2, 0) is 20.9 Å². The maximum absolute atomic E-state index is 11.8. The van der Waals surface area contributed by atoms with Crippen molar-refractivity contribution in [3.63, 3.8) is 0 Å². The molecule has 2 N–H and O–H groups in total. The molecule has 0 atom stereocenters. The van der Waals surface area contributed by atoms with Crippen LogP contribution < -0.4 is 16.6 Å². The predicted molar refractivity (Wildman–Crippen MR) is 91.7 cm³/mol. The van der Waals surface area contributed by atoms with E-state index in [1.54, 1.807) is 25.1 Å². The van der Waals surface area contributed by atoms with E-state index in [2.05, 4.69) is 10.3 Å². The van der Waals surface area contributed by atoms with Crippen LogP contribution in [0, 0.1) is 6.92 Å². The van der Waals surface area contributed by atoms with Crippen molar-refractivity contribution in [2.45, 2.75) is 19.9 Å². The van der Waals surface area contributed by atoms with Gasteiger partial charge >= 0.3 is 11.7 Å². The molecule has 8 nitrogen and oxygen atoms in total. The van der Waals surface area contributed by atoms with Crippen LogP contribution in [-0.4, -0.2) is 28.0 Å². The number of nitrogens with one attached hydrogen (secondary N) is 2. The number of rotatable bonds is 6. The van der Waals surface area contributed by atoms with Gasteiger partial charge in [0.05, 0.1) is 6.42 Å². The SMILES string of the molecule is Cc1c(Cl)cccc1NC(=O)COC(=O)CCn1ccc(=O)[nH]c1=O. The molecule has 0 fully saturated rings. The van der Waals surface area contributed by atoms with Crippen LogP contribution in [0.25, 0.3) is 0 Å². The molecule has 0 saturated heterocycles. The Balaban J connectivity index is 1.81. The highest BCUT2D eigenvalue weighted by molar-refractivity contribution is 6.31. The highest BCUT2D eigenvalue weighted by atomic mass is 35.5. The summed E-state index contributed by atoms with van der Waals surface area (Å²) in [6.07, 6.45) is 1.17. The second-order valence-corrected chi connectivity index (χ2v) is 5.58. The Hall–Kier alpha value is -2.87. The molecule has 1 aromatic carbocycles. The number of aromatic nitrogens is 2. The summed E-state index contributed by atoms with van der Waals surface area (Å²) in [7, 11) is 0. The van der Waals surface area contributed by atoms with E-state index in [1.807, 2.05) is 0 Å². The Morgan fingerprint density at radius 3 is 2.76 bits per heavy atom. The number of aryl methyl sites for hydroxylation is 1. The Morgan fingerprint density at radius 2 is 2.04 bits per heavy atom. The molecule has 0 unspecified atom stereocenters. The minimum atomic E-state index is -0.643. The smallest absolute Gasteiger partial charge is 0.328 e. The summed E-state index contributed by atoms with van der Waals surface area (Å²) in [5.74, 6) is -1.14. The molecule has 0 aliphatic rings. The summed E-state index contributed by atoms with van der Waals surface area (Å²) in [4.78, 5) is 48.0. The molecule has 2 aromatic rings. The summed E-state index contributed by atoms with van der Waals surface area (Å²) in [6.45, 7) is 1.33. The van der Waals surface area contributed by atoms with E-state index in [0.29, 0.717) is 16.3 Å². The molecule has 25 heavy (non-hydrogen) atoms. The Morgan fingerprint density at radius 1 is 1.28 bits per heavy atom. The average Bonchev–Trinajstić information content (AvgIpc) is 2.56. The highest BCUT2D eigenvalue weighted by Crippen LogP contribution is 2.22. The minimum absolute atomic E-state index is 0.0312. The van der Waals surface area contributed by atoms with Gasteiger partial charge in [0.1, 0.15) is 0 Å². The van der Waals surface area contributed by atoms with Crippen LogP contribution >= 0.6 is 11.6 Å². The van der Waals surface area contributed by atoms with Gasteiger partial charge in [-0.3, -0.25) is 19.4 Å². The molecule has 1 aromatic heterocycles. The van der Waals surface area contributed by atoms with Gasteiger partial charge in [0, 0.05) is 29.5 Å². The van der Waals surface area contributed by atoms with E-state index in [0.717, 1.165) is 4.57 Å². The van der Waals surface area contributed by atoms with E-state index < -0.39 is 29.7 Å². The second-order valence-electron chi connectivity index (χ2n) is 5.17. The zero-order valence-electron chi connectivity index (χ0n) is 13.4. The first-order chi connectivity index (χ1) is 11.9. The third-order valence-corrected chi connectivity index (χ3v) is 3.77. The zero-order chi connectivity index (χ0) is 18.4. The first-order valence-corrected chi connectivity index (χ1v) is 7.75. The van der Waals surface area contributed by atoms with Gasteiger partial charge < -0.3 is 14.6 Å². The van der Waals surface area contributed by atoms with Crippen molar-refractivity contribution in [2.75, 3.05) is 11.9 Å². The number of ether oxygens (including phenoxy) is 1. The molecule has 0 bridgehead atoms. The lowest BCUT2D eigenvalue weighted by molar-refractivity contribution is -0.147. The molecule has 1 amide bonds. The quantitative estimate of drug-likeness (QED) is 0.744. The predicted octanol–water partition coefficient (Wildman–Crippen LogP) is 1.07. The molecule has 0 radical (unpaired) electrons. The molecule has 1 heterocycles. The number of nitrogens with zero attached hydrogens (tertiary/aromatic N) is 1. The second kappa shape index (κ2) is 8.29. The lowest BCUT2D eigenvalue weighted by Crippen LogP contribution is -2.29. The number of carbonyl (C=O) groups excluding carboxylic acids is 2. The van der Waals surface area contributed by atoms with Crippen molar-refractivity contribution in [2.24, 2.45) is 0 Å². The van der Waals surface area contributed by atoms with Gasteiger partial charge in [-0.25, -0.2) is 4.79 Å². The van der Waals surface area contributed by atoms with Gasteiger partial charge in [0.25, 0.3) is 11.5 Å². The molecule has 9 heteroatoms. The van der Waals surface area contributed by atoms with Crippen molar-refractivity contribution in [1.82, 2.24) is 9.55 Å². The van der Waals surface area contributed by atoms with Crippen molar-refractivity contribution < 1.29 is 14.3 Å². The molecule has 0 aliphatic carbocycles. The number of halogens is 1. The number of amides is 1. The zero-order valence-corrected chi connectivity index (χ0v) is 14.1. The molecule has 2 rings (SSSR count). The van der Waals surface area contributed by atoms with Gasteiger partial charge in [0.2, 0.25) is 0 Å². The summed E-state index contributed by atoms with van der Waals surface area (Å²) >= 11 is 5.96. The largest absolute Gasteiger partial charge is 0.456 e. The lowest BCUT2D eigenvalue weighted by atomic mass is 10.2. The highest BCUT2D eigenvalue weighted by Gasteiger charge is 2.10. The normalized spacial score (nSPS) is 10.3. The topological polar surface area (TPSA) is 110 Å². The first kappa shape index (κ1) is 18.5. The Bertz CT molecular complexity index is 903. The number of carbonyl (C=O) groups is 2. The fraction of sp³-hybridized carbons (Fsp3) is 0.250. The number of benzene rings is 1. The van der Waals surface area contributed by atoms with Crippen molar-refractivity contribution >= 4 is 29.2 Å². The number of H-pyrrole nitrogens is 1. The van der Waals surface area contributed by atoms with Crippen LogP contribution in [0.15, 0.2) is 40.1 Å². The number of hydrogen-bond acceptors (Lipinski definition) is 5. The fourth-order valence-electron chi connectivity index (χ4n) is 1.98. The van der Waals surface area contributed by atoms with E-state index in [9.17, 15) is 19.2 Å². The van der Waals surface area contributed by atoms with Gasteiger partial charge in [-0.1, -0.05) is 17.7 Å². The first-order valence-electron chi connectivity index (χ1n) is 7.37. The van der Waals surface area contributed by atoms with Gasteiger partial charge in [-0.2, -0.15) is 0 Å². The molecule has 0 aliphatic heterocycles. The van der Waals surface area contributed by atoms with E-state index in [1.165, 1.54) is 12.3 Å². The third-order valence-electron chi connectivity index (χ3n) is 3.36. The summed E-state index contributed by atoms with van der Waals surface area (Å²) in [6, 6.07) is 6.25. The maximum Gasteiger partial charge on any atom is 0.328 e. The molecular weight excluding hydrogens is 350 g/mol. The molecule has 132 valence electrons. The van der Waals surface area contributed by atoms with Crippen LogP contribution in [0.4, 0.5) is 5.69 Å². The Kier molecular flexibility index (Phi) is 6.13. The number of esters is 1. The fourth-order valence-corrected chi connectivity index (χ4v) is 2.15. The summed E-state index contributed by atoms with van der Waals surface area (Å²) in [5.41, 5.74) is 0.112. The van der Waals surface area contributed by atoms with Crippen LogP contribution in [0.5, 0.6) is 0 Å². The van der Waals surface area contributed by atoms with Gasteiger partial charge in [0.15, 0.2) is 6.61 Å². The monoisotopic (exact) mass is 365 g/mol. The van der Waals surface area contributed by atoms with Gasteiger partial charge in [-0.15, -0.1) is 0 Å². The van der Waals surface area contributed by atoms with E-state index >= 15 is 0 Å². The third kappa shape index (κ3) is 5.32. The van der Waals surface area contributed by atoms with Crippen LogP contribution in [0.2, 0.25) is 5.02 Å². The molecule has 0 saturated carbocycles. The average molecular weight is 366 g/mol. The van der Waals surface area contributed by atoms with Crippen molar-refractivity contribution in [3.05, 3.63) is 61.9 Å². The van der Waals surface area contributed by atoms with Crippen LogP contribution in [0.3, 0.4) is 0 Å². The lowest BCUT2D eigenvalue weighted by Gasteiger charge is -2.10.